The van der Waals surface area contributed by atoms with E-state index in [1.54, 1.807) is 5.38 Å². The number of aryl methyl sites for hydroxylation is 1. The molecule has 0 aromatic carbocycles. The number of aromatic nitrogens is 2. The Morgan fingerprint density at radius 2 is 2.18 bits per heavy atom. The van der Waals surface area contributed by atoms with E-state index >= 15 is 0 Å². The largest absolute Gasteiger partial charge is 0.477 e. The number of carboxylic acids is 1. The summed E-state index contributed by atoms with van der Waals surface area (Å²) in [6.45, 7) is 5.99. The fourth-order valence-electron chi connectivity index (χ4n) is 1.70. The molecule has 90 valence electrons. The van der Waals surface area contributed by atoms with Crippen molar-refractivity contribution in [2.45, 2.75) is 26.8 Å². The van der Waals surface area contributed by atoms with Crippen molar-refractivity contribution in [1.82, 2.24) is 9.78 Å². The van der Waals surface area contributed by atoms with Crippen LogP contribution in [0.25, 0.3) is 11.1 Å². The lowest BCUT2D eigenvalue weighted by molar-refractivity contribution is 0.0703. The van der Waals surface area contributed by atoms with E-state index in [0.717, 1.165) is 16.8 Å². The van der Waals surface area contributed by atoms with Gasteiger partial charge in [0.25, 0.3) is 0 Å². The SMILES string of the molecule is Cc1nn(C(C)C)cc1-c1ccsc1C(=O)O. The van der Waals surface area contributed by atoms with E-state index in [2.05, 4.69) is 5.10 Å². The number of carbonyl (C=O) groups is 1. The van der Waals surface area contributed by atoms with E-state index in [1.165, 1.54) is 11.3 Å². The lowest BCUT2D eigenvalue weighted by Crippen LogP contribution is -2.00. The van der Waals surface area contributed by atoms with Crippen LogP contribution in [0.1, 0.15) is 35.3 Å². The van der Waals surface area contributed by atoms with Gasteiger partial charge in [0.05, 0.1) is 5.69 Å². The van der Waals surface area contributed by atoms with Gasteiger partial charge in [0.15, 0.2) is 0 Å². The number of thiophene rings is 1. The molecule has 5 heteroatoms. The monoisotopic (exact) mass is 250 g/mol. The van der Waals surface area contributed by atoms with Crippen molar-refractivity contribution in [2.75, 3.05) is 0 Å². The minimum atomic E-state index is -0.883. The molecule has 0 saturated carbocycles. The molecule has 2 aromatic rings. The number of rotatable bonds is 3. The topological polar surface area (TPSA) is 55.1 Å². The number of hydrogen-bond donors (Lipinski definition) is 1. The van der Waals surface area contributed by atoms with Crippen LogP contribution >= 0.6 is 11.3 Å². The van der Waals surface area contributed by atoms with Gasteiger partial charge in [0.2, 0.25) is 0 Å². The minimum Gasteiger partial charge on any atom is -0.477 e. The fourth-order valence-corrected chi connectivity index (χ4v) is 2.44. The van der Waals surface area contributed by atoms with Crippen LogP contribution in [0.2, 0.25) is 0 Å². The first-order chi connectivity index (χ1) is 8.00. The molecule has 0 radical (unpaired) electrons. The summed E-state index contributed by atoms with van der Waals surface area (Å²) in [4.78, 5) is 11.5. The third-order valence-corrected chi connectivity index (χ3v) is 3.50. The average Bonchev–Trinajstić information content (AvgIpc) is 2.82. The van der Waals surface area contributed by atoms with Crippen molar-refractivity contribution in [3.05, 3.63) is 28.2 Å². The molecule has 0 aliphatic rings. The Morgan fingerprint density at radius 3 is 2.71 bits per heavy atom. The second-order valence-corrected chi connectivity index (χ2v) is 5.09. The molecule has 0 aliphatic heterocycles. The summed E-state index contributed by atoms with van der Waals surface area (Å²) in [6, 6.07) is 2.11. The summed E-state index contributed by atoms with van der Waals surface area (Å²) in [5.41, 5.74) is 2.52. The van der Waals surface area contributed by atoms with Gasteiger partial charge in [0.1, 0.15) is 4.88 Å². The standard InChI is InChI=1S/C12H14N2O2S/c1-7(2)14-6-10(8(3)13-14)9-4-5-17-11(9)12(15)16/h4-7H,1-3H3,(H,15,16). The Kier molecular flexibility index (Phi) is 3.02. The van der Waals surface area contributed by atoms with Crippen LogP contribution in [-0.4, -0.2) is 20.9 Å². The molecule has 4 nitrogen and oxygen atoms in total. The van der Waals surface area contributed by atoms with E-state index in [1.807, 2.05) is 37.7 Å². The zero-order valence-corrected chi connectivity index (χ0v) is 10.8. The lowest BCUT2D eigenvalue weighted by atomic mass is 10.1. The second kappa shape index (κ2) is 4.33. The number of aromatic carboxylic acids is 1. The molecule has 0 atom stereocenters. The van der Waals surface area contributed by atoms with Gasteiger partial charge in [-0.3, -0.25) is 4.68 Å². The van der Waals surface area contributed by atoms with Gasteiger partial charge in [-0.1, -0.05) is 0 Å². The van der Waals surface area contributed by atoms with Crippen LogP contribution in [0.4, 0.5) is 0 Å². The Morgan fingerprint density at radius 1 is 1.47 bits per heavy atom. The van der Waals surface area contributed by atoms with Crippen molar-refractivity contribution in [3.8, 4) is 11.1 Å². The second-order valence-electron chi connectivity index (χ2n) is 4.17. The molecule has 2 aromatic heterocycles. The first kappa shape index (κ1) is 11.9. The maximum atomic E-state index is 11.1. The first-order valence-electron chi connectivity index (χ1n) is 5.37. The van der Waals surface area contributed by atoms with E-state index in [0.29, 0.717) is 4.88 Å². The maximum absolute atomic E-state index is 11.1. The molecule has 17 heavy (non-hydrogen) atoms. The van der Waals surface area contributed by atoms with E-state index in [-0.39, 0.29) is 6.04 Å². The molecular formula is C12H14N2O2S. The minimum absolute atomic E-state index is 0.273. The summed E-state index contributed by atoms with van der Waals surface area (Å²) in [6.07, 6.45) is 1.91. The molecule has 0 amide bonds. The molecule has 1 N–H and O–H groups in total. The zero-order chi connectivity index (χ0) is 12.6. The van der Waals surface area contributed by atoms with Crippen LogP contribution in [-0.2, 0) is 0 Å². The Balaban J connectivity index is 2.53. The van der Waals surface area contributed by atoms with Crippen LogP contribution in [0.15, 0.2) is 17.6 Å². The summed E-state index contributed by atoms with van der Waals surface area (Å²) in [5, 5.41) is 15.3. The van der Waals surface area contributed by atoms with Crippen molar-refractivity contribution in [1.29, 1.82) is 0 Å². The lowest BCUT2D eigenvalue weighted by Gasteiger charge is -2.02. The zero-order valence-electron chi connectivity index (χ0n) is 9.97. The smallest absolute Gasteiger partial charge is 0.346 e. The molecule has 0 spiro atoms. The summed E-state index contributed by atoms with van der Waals surface area (Å²) in [5.74, 6) is -0.883. The van der Waals surface area contributed by atoms with E-state index in [9.17, 15) is 4.79 Å². The molecule has 2 heterocycles. The molecule has 2 rings (SSSR count). The highest BCUT2D eigenvalue weighted by atomic mass is 32.1. The van der Waals surface area contributed by atoms with Gasteiger partial charge in [-0.2, -0.15) is 5.10 Å². The summed E-state index contributed by atoms with van der Waals surface area (Å²) < 4.78 is 1.86. The third-order valence-electron chi connectivity index (χ3n) is 2.60. The average molecular weight is 250 g/mol. The van der Waals surface area contributed by atoms with Crippen LogP contribution in [0.3, 0.4) is 0 Å². The highest BCUT2D eigenvalue weighted by Gasteiger charge is 2.17. The van der Waals surface area contributed by atoms with Crippen molar-refractivity contribution < 1.29 is 9.90 Å². The van der Waals surface area contributed by atoms with Gasteiger partial charge < -0.3 is 5.11 Å². The molecular weight excluding hydrogens is 236 g/mol. The maximum Gasteiger partial charge on any atom is 0.346 e. The van der Waals surface area contributed by atoms with Crippen molar-refractivity contribution >= 4 is 17.3 Å². The number of nitrogens with zero attached hydrogens (tertiary/aromatic N) is 2. The summed E-state index contributed by atoms with van der Waals surface area (Å²) in [7, 11) is 0. The summed E-state index contributed by atoms with van der Waals surface area (Å²) >= 11 is 1.24. The third kappa shape index (κ3) is 2.10. The molecule has 0 saturated heterocycles. The number of carboxylic acid groups (broad SMARTS) is 1. The molecule has 0 fully saturated rings. The van der Waals surface area contributed by atoms with Gasteiger partial charge >= 0.3 is 5.97 Å². The quantitative estimate of drug-likeness (QED) is 0.910. The van der Waals surface area contributed by atoms with Gasteiger partial charge in [0, 0.05) is 23.4 Å². The van der Waals surface area contributed by atoms with Crippen LogP contribution in [0.5, 0.6) is 0 Å². The molecule has 0 aliphatic carbocycles. The Hall–Kier alpha value is -1.62. The van der Waals surface area contributed by atoms with E-state index < -0.39 is 5.97 Å². The molecule has 0 bridgehead atoms. The first-order valence-corrected chi connectivity index (χ1v) is 6.25. The fraction of sp³-hybridized carbons (Fsp3) is 0.333. The van der Waals surface area contributed by atoms with Crippen LogP contribution in [0, 0.1) is 6.92 Å². The highest BCUT2D eigenvalue weighted by molar-refractivity contribution is 7.12. The van der Waals surface area contributed by atoms with Crippen molar-refractivity contribution in [3.63, 3.8) is 0 Å². The normalized spacial score (nSPS) is 11.1. The van der Waals surface area contributed by atoms with Gasteiger partial charge in [-0.15, -0.1) is 11.3 Å². The Labute approximate surface area is 104 Å². The Bertz CT molecular complexity index is 555. The van der Waals surface area contributed by atoms with Gasteiger partial charge in [-0.25, -0.2) is 4.79 Å². The molecule has 0 unspecified atom stereocenters. The van der Waals surface area contributed by atoms with Crippen molar-refractivity contribution in [2.24, 2.45) is 0 Å². The van der Waals surface area contributed by atoms with Crippen LogP contribution < -0.4 is 0 Å². The van der Waals surface area contributed by atoms with E-state index in [4.69, 9.17) is 5.11 Å². The highest BCUT2D eigenvalue weighted by Crippen LogP contribution is 2.30. The van der Waals surface area contributed by atoms with Gasteiger partial charge in [-0.05, 0) is 32.2 Å². The predicted octanol–water partition coefficient (Wildman–Crippen LogP) is 3.20. The number of hydrogen-bond acceptors (Lipinski definition) is 3. The predicted molar refractivity (Wildman–Crippen MR) is 67.6 cm³/mol.